The molecule has 2 heterocycles. The van der Waals surface area contributed by atoms with E-state index in [1.165, 1.54) is 0 Å². The molecule has 2 N–H and O–H groups in total. The summed E-state index contributed by atoms with van der Waals surface area (Å²) in [5.74, 6) is 0.203. The van der Waals surface area contributed by atoms with Crippen LogP contribution in [-0.4, -0.2) is 36.8 Å². The summed E-state index contributed by atoms with van der Waals surface area (Å²) < 4.78 is 5.55. The number of hydrogen-bond donors (Lipinski definition) is 2. The molecule has 0 aliphatic carbocycles. The van der Waals surface area contributed by atoms with E-state index in [1.54, 1.807) is 0 Å². The Morgan fingerprint density at radius 1 is 1.32 bits per heavy atom. The van der Waals surface area contributed by atoms with E-state index in [0.717, 1.165) is 50.3 Å². The Morgan fingerprint density at radius 2 is 2.14 bits per heavy atom. The van der Waals surface area contributed by atoms with Crippen LogP contribution in [0.1, 0.15) is 25.7 Å². The second-order valence-corrected chi connectivity index (χ2v) is 6.07. The Hall–Kier alpha value is -1.66. The van der Waals surface area contributed by atoms with E-state index in [9.17, 15) is 4.79 Å². The average Bonchev–Trinajstić information content (AvgIpc) is 3.17. The summed E-state index contributed by atoms with van der Waals surface area (Å²) in [4.78, 5) is 13.5. The lowest BCUT2D eigenvalue weighted by Gasteiger charge is -2.17. The van der Waals surface area contributed by atoms with Crippen LogP contribution in [0.25, 0.3) is 0 Å². The quantitative estimate of drug-likeness (QED) is 0.834. The number of carbonyl (C=O) groups is 1. The third-order valence-electron chi connectivity index (χ3n) is 4.02. The molecule has 1 atom stereocenters. The van der Waals surface area contributed by atoms with Crippen molar-refractivity contribution in [3.63, 3.8) is 0 Å². The molecule has 2 aliphatic heterocycles. The number of hydrogen-bond acceptors (Lipinski definition) is 3. The number of anilines is 2. The van der Waals surface area contributed by atoms with E-state index in [0.29, 0.717) is 11.5 Å². The minimum Gasteiger partial charge on any atom is -0.376 e. The molecule has 3 rings (SSSR count). The monoisotopic (exact) mass is 319 g/mol. The topological polar surface area (TPSA) is 53.6 Å². The number of nitrogens with zero attached hydrogens (tertiary/aromatic N) is 1. The van der Waals surface area contributed by atoms with Gasteiger partial charge in [0.05, 0.1) is 6.10 Å². The first-order valence-electron chi connectivity index (χ1n) is 7.79. The number of amides is 1. The van der Waals surface area contributed by atoms with Gasteiger partial charge >= 0.3 is 0 Å². The smallest absolute Gasteiger partial charge is 0.227 e. The van der Waals surface area contributed by atoms with Crippen LogP contribution in [0.15, 0.2) is 24.3 Å². The van der Waals surface area contributed by atoms with Crippen LogP contribution in [-0.2, 0) is 9.53 Å². The molecule has 2 saturated heterocycles. The van der Waals surface area contributed by atoms with Crippen molar-refractivity contribution in [2.24, 2.45) is 0 Å². The van der Waals surface area contributed by atoms with Crippen molar-refractivity contribution in [2.75, 3.05) is 29.9 Å². The molecule has 1 aromatic carbocycles. The van der Waals surface area contributed by atoms with Gasteiger partial charge in [0.15, 0.2) is 5.11 Å². The summed E-state index contributed by atoms with van der Waals surface area (Å²) in [6.45, 7) is 2.41. The standard InChI is InChI=1S/C16H21N3O2S/c20-15-4-1-9-19(15)13-7-5-12(6-8-13)18-16(22)17-11-14-3-2-10-21-14/h5-8,14H,1-4,9-11H2,(H2,17,18,22). The van der Waals surface area contributed by atoms with Crippen LogP contribution in [0.3, 0.4) is 0 Å². The van der Waals surface area contributed by atoms with Gasteiger partial charge in [-0.1, -0.05) is 0 Å². The Bertz CT molecular complexity index is 541. The van der Waals surface area contributed by atoms with Crippen LogP contribution in [0.5, 0.6) is 0 Å². The molecular formula is C16H21N3O2S. The predicted molar refractivity (Wildman–Crippen MR) is 91.2 cm³/mol. The fourth-order valence-electron chi connectivity index (χ4n) is 2.83. The summed E-state index contributed by atoms with van der Waals surface area (Å²) in [7, 11) is 0. The number of ether oxygens (including phenoxy) is 1. The van der Waals surface area contributed by atoms with Crippen LogP contribution in [0.4, 0.5) is 11.4 Å². The van der Waals surface area contributed by atoms with Gasteiger partial charge in [0.2, 0.25) is 5.91 Å². The lowest BCUT2D eigenvalue weighted by molar-refractivity contribution is -0.117. The molecule has 0 bridgehead atoms. The first kappa shape index (κ1) is 15.2. The zero-order chi connectivity index (χ0) is 15.4. The van der Waals surface area contributed by atoms with Crippen molar-refractivity contribution in [3.8, 4) is 0 Å². The van der Waals surface area contributed by atoms with Gasteiger partial charge in [-0.05, 0) is 55.7 Å². The molecular weight excluding hydrogens is 298 g/mol. The molecule has 5 nitrogen and oxygen atoms in total. The normalized spacial score (nSPS) is 21.2. The highest BCUT2D eigenvalue weighted by Gasteiger charge is 2.21. The van der Waals surface area contributed by atoms with Crippen LogP contribution < -0.4 is 15.5 Å². The van der Waals surface area contributed by atoms with Crippen molar-refractivity contribution in [2.45, 2.75) is 31.8 Å². The van der Waals surface area contributed by atoms with Gasteiger partial charge in [-0.3, -0.25) is 4.79 Å². The van der Waals surface area contributed by atoms with Crippen molar-refractivity contribution in [1.82, 2.24) is 5.32 Å². The van der Waals surface area contributed by atoms with E-state index in [4.69, 9.17) is 17.0 Å². The number of thiocarbonyl (C=S) groups is 1. The fourth-order valence-corrected chi connectivity index (χ4v) is 3.03. The zero-order valence-corrected chi connectivity index (χ0v) is 13.3. The molecule has 1 amide bonds. The Balaban J connectivity index is 1.49. The molecule has 0 saturated carbocycles. The first-order valence-corrected chi connectivity index (χ1v) is 8.20. The van der Waals surface area contributed by atoms with Gasteiger partial charge in [0.1, 0.15) is 0 Å². The molecule has 0 radical (unpaired) electrons. The van der Waals surface area contributed by atoms with Crippen molar-refractivity contribution in [3.05, 3.63) is 24.3 Å². The van der Waals surface area contributed by atoms with Gasteiger partial charge < -0.3 is 20.3 Å². The van der Waals surface area contributed by atoms with Gasteiger partial charge in [0, 0.05) is 37.5 Å². The maximum Gasteiger partial charge on any atom is 0.227 e. The molecule has 118 valence electrons. The molecule has 6 heteroatoms. The summed E-state index contributed by atoms with van der Waals surface area (Å²) in [5.41, 5.74) is 1.87. The minimum atomic E-state index is 0.203. The van der Waals surface area contributed by atoms with E-state index >= 15 is 0 Å². The van der Waals surface area contributed by atoms with Gasteiger partial charge in [-0.15, -0.1) is 0 Å². The second-order valence-electron chi connectivity index (χ2n) is 5.67. The highest BCUT2D eigenvalue weighted by Crippen LogP contribution is 2.23. The summed E-state index contributed by atoms with van der Waals surface area (Å²) >= 11 is 5.29. The van der Waals surface area contributed by atoms with Crippen molar-refractivity contribution < 1.29 is 9.53 Å². The minimum absolute atomic E-state index is 0.203. The molecule has 1 aromatic rings. The molecule has 0 aromatic heterocycles. The van der Waals surface area contributed by atoms with E-state index < -0.39 is 0 Å². The molecule has 2 fully saturated rings. The number of carbonyl (C=O) groups excluding carboxylic acids is 1. The molecule has 2 aliphatic rings. The third-order valence-corrected chi connectivity index (χ3v) is 4.27. The maximum atomic E-state index is 11.7. The van der Waals surface area contributed by atoms with E-state index in [-0.39, 0.29) is 12.0 Å². The van der Waals surface area contributed by atoms with Crippen molar-refractivity contribution >= 4 is 34.6 Å². The summed E-state index contributed by atoms with van der Waals surface area (Å²) in [6, 6.07) is 7.80. The second kappa shape index (κ2) is 7.07. The van der Waals surface area contributed by atoms with Crippen molar-refractivity contribution in [1.29, 1.82) is 0 Å². The zero-order valence-electron chi connectivity index (χ0n) is 12.5. The molecule has 0 spiro atoms. The van der Waals surface area contributed by atoms with Crippen LogP contribution >= 0.6 is 12.2 Å². The highest BCUT2D eigenvalue weighted by molar-refractivity contribution is 7.80. The third kappa shape index (κ3) is 3.75. The number of rotatable bonds is 4. The van der Waals surface area contributed by atoms with Crippen LogP contribution in [0.2, 0.25) is 0 Å². The summed E-state index contributed by atoms with van der Waals surface area (Å²) in [5, 5.41) is 6.93. The summed E-state index contributed by atoms with van der Waals surface area (Å²) in [6.07, 6.45) is 4.08. The lowest BCUT2D eigenvalue weighted by atomic mass is 10.2. The SMILES string of the molecule is O=C1CCCN1c1ccc(NC(=S)NCC2CCCO2)cc1. The largest absolute Gasteiger partial charge is 0.376 e. The fraction of sp³-hybridized carbons (Fsp3) is 0.500. The van der Waals surface area contributed by atoms with Gasteiger partial charge in [-0.25, -0.2) is 0 Å². The maximum absolute atomic E-state index is 11.7. The predicted octanol–water partition coefficient (Wildman–Crippen LogP) is 2.28. The Kier molecular flexibility index (Phi) is 4.90. The Labute approximate surface area is 136 Å². The average molecular weight is 319 g/mol. The van der Waals surface area contributed by atoms with Gasteiger partial charge in [-0.2, -0.15) is 0 Å². The van der Waals surface area contributed by atoms with Crippen LogP contribution in [0, 0.1) is 0 Å². The number of nitrogens with one attached hydrogen (secondary N) is 2. The lowest BCUT2D eigenvalue weighted by Crippen LogP contribution is -2.34. The Morgan fingerprint density at radius 3 is 2.77 bits per heavy atom. The first-order chi connectivity index (χ1) is 10.7. The number of benzene rings is 1. The van der Waals surface area contributed by atoms with E-state index in [2.05, 4.69) is 10.6 Å². The highest BCUT2D eigenvalue weighted by atomic mass is 32.1. The van der Waals surface area contributed by atoms with Gasteiger partial charge in [0.25, 0.3) is 0 Å². The molecule has 22 heavy (non-hydrogen) atoms. The van der Waals surface area contributed by atoms with E-state index in [1.807, 2.05) is 29.2 Å². The molecule has 1 unspecified atom stereocenters.